The van der Waals surface area contributed by atoms with Gasteiger partial charge in [-0.1, -0.05) is 47.6 Å². The SMILES string of the molecule is O=C1CC(c2nc(-c3ccc(OCc4ccccc4)cc3)no2)CN1Cc1cccc(C(F)(F)F)c1. The minimum atomic E-state index is -4.43. The number of amides is 1. The summed E-state index contributed by atoms with van der Waals surface area (Å²) in [7, 11) is 0. The van der Waals surface area contributed by atoms with Crippen LogP contribution in [0.5, 0.6) is 5.75 Å². The first-order valence-corrected chi connectivity index (χ1v) is 11.4. The van der Waals surface area contributed by atoms with E-state index in [-0.39, 0.29) is 24.8 Å². The summed E-state index contributed by atoms with van der Waals surface area (Å²) in [4.78, 5) is 18.5. The Morgan fingerprint density at radius 2 is 1.72 bits per heavy atom. The van der Waals surface area contributed by atoms with Crippen molar-refractivity contribution in [2.75, 3.05) is 6.54 Å². The van der Waals surface area contributed by atoms with Gasteiger partial charge in [-0.05, 0) is 47.5 Å². The van der Waals surface area contributed by atoms with E-state index in [0.29, 0.717) is 36.2 Å². The van der Waals surface area contributed by atoms with Crippen molar-refractivity contribution in [3.8, 4) is 17.1 Å². The number of benzene rings is 3. The van der Waals surface area contributed by atoms with Gasteiger partial charge < -0.3 is 14.2 Å². The van der Waals surface area contributed by atoms with Crippen molar-refractivity contribution < 1.29 is 27.2 Å². The number of alkyl halides is 3. The van der Waals surface area contributed by atoms with Crippen molar-refractivity contribution in [1.82, 2.24) is 15.0 Å². The van der Waals surface area contributed by atoms with E-state index in [2.05, 4.69) is 10.1 Å². The third-order valence-electron chi connectivity index (χ3n) is 5.99. The monoisotopic (exact) mass is 493 g/mol. The molecule has 0 aliphatic carbocycles. The molecule has 36 heavy (non-hydrogen) atoms. The van der Waals surface area contributed by atoms with Crippen LogP contribution in [-0.2, 0) is 24.1 Å². The summed E-state index contributed by atoms with van der Waals surface area (Å²) in [6.45, 7) is 0.840. The van der Waals surface area contributed by atoms with Crippen LogP contribution in [0.1, 0.15) is 34.9 Å². The fourth-order valence-electron chi connectivity index (χ4n) is 4.12. The van der Waals surface area contributed by atoms with Gasteiger partial charge in [-0.2, -0.15) is 18.2 Å². The van der Waals surface area contributed by atoms with Gasteiger partial charge in [0.1, 0.15) is 12.4 Å². The first kappa shape index (κ1) is 23.6. The summed E-state index contributed by atoms with van der Waals surface area (Å²) >= 11 is 0. The zero-order valence-corrected chi connectivity index (χ0v) is 19.1. The summed E-state index contributed by atoms with van der Waals surface area (Å²) in [6.07, 6.45) is -4.27. The van der Waals surface area contributed by atoms with Gasteiger partial charge in [-0.3, -0.25) is 4.79 Å². The van der Waals surface area contributed by atoms with Gasteiger partial charge in [0.05, 0.1) is 11.5 Å². The number of carbonyl (C=O) groups is 1. The Balaban J connectivity index is 1.21. The van der Waals surface area contributed by atoms with E-state index in [1.54, 1.807) is 6.07 Å². The van der Waals surface area contributed by atoms with Crippen LogP contribution >= 0.6 is 0 Å². The molecule has 0 N–H and O–H groups in total. The second kappa shape index (κ2) is 9.85. The van der Waals surface area contributed by atoms with Crippen LogP contribution < -0.4 is 4.74 Å². The quantitative estimate of drug-likeness (QED) is 0.323. The molecule has 5 rings (SSSR count). The summed E-state index contributed by atoms with van der Waals surface area (Å²) < 4.78 is 50.2. The number of likely N-dealkylation sites (tertiary alicyclic amines) is 1. The summed E-state index contributed by atoms with van der Waals surface area (Å²) in [5, 5.41) is 4.05. The lowest BCUT2D eigenvalue weighted by atomic mass is 10.1. The lowest BCUT2D eigenvalue weighted by molar-refractivity contribution is -0.137. The normalized spacial score (nSPS) is 15.9. The fourth-order valence-corrected chi connectivity index (χ4v) is 4.12. The molecule has 1 aliphatic heterocycles. The van der Waals surface area contributed by atoms with E-state index < -0.39 is 11.7 Å². The van der Waals surface area contributed by atoms with Crippen molar-refractivity contribution >= 4 is 5.91 Å². The molecule has 1 aliphatic rings. The van der Waals surface area contributed by atoms with Crippen LogP contribution in [0.4, 0.5) is 13.2 Å². The molecule has 1 atom stereocenters. The third-order valence-corrected chi connectivity index (χ3v) is 5.99. The lowest BCUT2D eigenvalue weighted by Gasteiger charge is -2.17. The number of carbonyl (C=O) groups excluding carboxylic acids is 1. The van der Waals surface area contributed by atoms with Crippen LogP contribution in [0, 0.1) is 0 Å². The number of hydrogen-bond donors (Lipinski definition) is 0. The molecule has 2 heterocycles. The van der Waals surface area contributed by atoms with Gasteiger partial charge in [0.15, 0.2) is 0 Å². The molecule has 1 saturated heterocycles. The smallest absolute Gasteiger partial charge is 0.416 e. The van der Waals surface area contributed by atoms with Gasteiger partial charge in [-0.25, -0.2) is 0 Å². The highest BCUT2D eigenvalue weighted by Crippen LogP contribution is 2.32. The minimum Gasteiger partial charge on any atom is -0.489 e. The number of ether oxygens (including phenoxy) is 1. The topological polar surface area (TPSA) is 68.5 Å². The Hall–Kier alpha value is -4.14. The Bertz CT molecular complexity index is 1340. The third kappa shape index (κ3) is 5.40. The second-order valence-corrected chi connectivity index (χ2v) is 8.63. The fraction of sp³-hybridized carbons (Fsp3) is 0.222. The molecule has 6 nitrogen and oxygen atoms in total. The van der Waals surface area contributed by atoms with E-state index in [1.807, 2.05) is 54.6 Å². The van der Waals surface area contributed by atoms with E-state index in [4.69, 9.17) is 9.26 Å². The molecular weight excluding hydrogens is 471 g/mol. The van der Waals surface area contributed by atoms with Crippen molar-refractivity contribution in [2.45, 2.75) is 31.7 Å². The highest BCUT2D eigenvalue weighted by atomic mass is 19.4. The first-order chi connectivity index (χ1) is 17.3. The zero-order chi connectivity index (χ0) is 25.1. The van der Waals surface area contributed by atoms with Crippen molar-refractivity contribution in [3.05, 3.63) is 101 Å². The van der Waals surface area contributed by atoms with Crippen LogP contribution in [0.15, 0.2) is 83.4 Å². The van der Waals surface area contributed by atoms with Crippen molar-refractivity contribution in [2.24, 2.45) is 0 Å². The Morgan fingerprint density at radius 1 is 0.972 bits per heavy atom. The van der Waals surface area contributed by atoms with Crippen LogP contribution in [0.3, 0.4) is 0 Å². The van der Waals surface area contributed by atoms with E-state index >= 15 is 0 Å². The highest BCUT2D eigenvalue weighted by molar-refractivity contribution is 5.79. The Morgan fingerprint density at radius 3 is 2.47 bits per heavy atom. The standard InChI is InChI=1S/C27H22F3N3O3/c28-27(29,30)22-8-4-7-19(13-22)15-33-16-21(14-24(33)34)26-31-25(32-36-26)20-9-11-23(12-10-20)35-17-18-5-2-1-3-6-18/h1-13,21H,14-17H2. The van der Waals surface area contributed by atoms with Crippen molar-refractivity contribution in [1.29, 1.82) is 0 Å². The minimum absolute atomic E-state index is 0.0880. The average Bonchev–Trinajstić information content (AvgIpc) is 3.51. The predicted octanol–water partition coefficient (Wildman–Crippen LogP) is 5.85. The molecular formula is C27H22F3N3O3. The molecule has 1 unspecified atom stereocenters. The molecule has 184 valence electrons. The highest BCUT2D eigenvalue weighted by Gasteiger charge is 2.35. The lowest BCUT2D eigenvalue weighted by Crippen LogP contribution is -2.24. The second-order valence-electron chi connectivity index (χ2n) is 8.63. The van der Waals surface area contributed by atoms with Gasteiger partial charge >= 0.3 is 6.18 Å². The Labute approximate surface area is 205 Å². The summed E-state index contributed by atoms with van der Waals surface area (Å²) in [6, 6.07) is 22.2. The van der Waals surface area contributed by atoms with Crippen molar-refractivity contribution in [3.63, 3.8) is 0 Å². The van der Waals surface area contributed by atoms with Gasteiger partial charge in [0.2, 0.25) is 17.6 Å². The van der Waals surface area contributed by atoms with E-state index in [1.165, 1.54) is 11.0 Å². The van der Waals surface area contributed by atoms with Gasteiger partial charge in [-0.15, -0.1) is 0 Å². The predicted molar refractivity (Wildman–Crippen MR) is 125 cm³/mol. The first-order valence-electron chi connectivity index (χ1n) is 11.4. The zero-order valence-electron chi connectivity index (χ0n) is 19.1. The van der Waals surface area contributed by atoms with Crippen LogP contribution in [-0.4, -0.2) is 27.5 Å². The maximum Gasteiger partial charge on any atom is 0.416 e. The number of nitrogens with zero attached hydrogens (tertiary/aromatic N) is 3. The largest absolute Gasteiger partial charge is 0.489 e. The van der Waals surface area contributed by atoms with Crippen LogP contribution in [0.2, 0.25) is 0 Å². The molecule has 0 bridgehead atoms. The van der Waals surface area contributed by atoms with Gasteiger partial charge in [0.25, 0.3) is 0 Å². The summed E-state index contributed by atoms with van der Waals surface area (Å²) in [5.74, 6) is 0.936. The molecule has 0 radical (unpaired) electrons. The molecule has 1 amide bonds. The molecule has 0 spiro atoms. The number of aromatic nitrogens is 2. The van der Waals surface area contributed by atoms with E-state index in [9.17, 15) is 18.0 Å². The number of rotatable bonds is 7. The molecule has 1 fully saturated rings. The van der Waals surface area contributed by atoms with E-state index in [0.717, 1.165) is 23.3 Å². The summed E-state index contributed by atoms with van der Waals surface area (Å²) in [5.41, 5.74) is 1.49. The maximum absolute atomic E-state index is 13.0. The number of halogens is 3. The van der Waals surface area contributed by atoms with Crippen LogP contribution in [0.25, 0.3) is 11.4 Å². The maximum atomic E-state index is 13.0. The molecule has 9 heteroatoms. The number of hydrogen-bond acceptors (Lipinski definition) is 5. The molecule has 0 saturated carbocycles. The molecule has 3 aromatic carbocycles. The van der Waals surface area contributed by atoms with Gasteiger partial charge in [0, 0.05) is 25.1 Å². The average molecular weight is 493 g/mol. The molecule has 4 aromatic rings. The Kier molecular flexibility index (Phi) is 6.45. The molecule has 1 aromatic heterocycles.